The minimum Gasteiger partial charge on any atom is -0.495 e. The lowest BCUT2D eigenvalue weighted by molar-refractivity contribution is 0.102. The van der Waals surface area contributed by atoms with Gasteiger partial charge in [0.05, 0.1) is 12.8 Å². The van der Waals surface area contributed by atoms with Crippen LogP contribution in [0.25, 0.3) is 0 Å². The highest BCUT2D eigenvalue weighted by Crippen LogP contribution is 2.25. The first kappa shape index (κ1) is 13.8. The van der Waals surface area contributed by atoms with E-state index in [4.69, 9.17) is 10.5 Å². The third-order valence-electron chi connectivity index (χ3n) is 2.76. The Morgan fingerprint density at radius 1 is 1.35 bits per heavy atom. The number of nitrogens with one attached hydrogen (secondary N) is 2. The van der Waals surface area contributed by atoms with Crippen LogP contribution in [0.3, 0.4) is 0 Å². The van der Waals surface area contributed by atoms with Gasteiger partial charge in [0.25, 0.3) is 5.91 Å². The van der Waals surface area contributed by atoms with Crippen LogP contribution in [0.2, 0.25) is 0 Å². The summed E-state index contributed by atoms with van der Waals surface area (Å²) < 4.78 is 5.21. The van der Waals surface area contributed by atoms with Gasteiger partial charge in [0.1, 0.15) is 11.4 Å². The molecule has 0 aliphatic carbocycles. The van der Waals surface area contributed by atoms with Crippen molar-refractivity contribution in [1.82, 2.24) is 4.98 Å². The van der Waals surface area contributed by atoms with E-state index in [0.29, 0.717) is 18.0 Å². The Hall–Kier alpha value is -2.60. The van der Waals surface area contributed by atoms with Crippen molar-refractivity contribution in [2.45, 2.75) is 6.54 Å². The lowest BCUT2D eigenvalue weighted by Gasteiger charge is -2.11. The maximum atomic E-state index is 12.0. The molecule has 20 heavy (non-hydrogen) atoms. The number of pyridine rings is 1. The first-order valence-corrected chi connectivity index (χ1v) is 6.01. The van der Waals surface area contributed by atoms with Gasteiger partial charge in [0.15, 0.2) is 0 Å². The molecular formula is C14H15N3O3. The number of hydrogen-bond acceptors (Lipinski definition) is 4. The fourth-order valence-electron chi connectivity index (χ4n) is 1.74. The fourth-order valence-corrected chi connectivity index (χ4v) is 1.74. The molecule has 2 rings (SSSR count). The number of amides is 1. The molecule has 0 aliphatic heterocycles. The molecule has 1 aromatic carbocycles. The molecule has 0 spiro atoms. The zero-order valence-corrected chi connectivity index (χ0v) is 11.0. The smallest absolute Gasteiger partial charge is 0.272 e. The van der Waals surface area contributed by atoms with E-state index in [0.717, 1.165) is 5.56 Å². The number of rotatable bonds is 4. The van der Waals surface area contributed by atoms with E-state index >= 15 is 0 Å². The predicted molar refractivity (Wildman–Crippen MR) is 75.9 cm³/mol. The van der Waals surface area contributed by atoms with Crippen LogP contribution < -0.4 is 21.3 Å². The van der Waals surface area contributed by atoms with Crippen molar-refractivity contribution < 1.29 is 9.53 Å². The third-order valence-corrected chi connectivity index (χ3v) is 2.76. The Morgan fingerprint density at radius 3 is 2.80 bits per heavy atom. The summed E-state index contributed by atoms with van der Waals surface area (Å²) in [5, 5.41) is 2.68. The standard InChI is InChI=1S/C14H15N3O3/c1-20-12-7-9(8-15)5-6-10(12)17-14(19)11-3-2-4-13(18)16-11/h2-7H,8,15H2,1H3,(H,16,18)(H,17,19). The minimum absolute atomic E-state index is 0.183. The Kier molecular flexibility index (Phi) is 4.17. The van der Waals surface area contributed by atoms with Crippen LogP contribution in [0.4, 0.5) is 5.69 Å². The monoisotopic (exact) mass is 273 g/mol. The summed E-state index contributed by atoms with van der Waals surface area (Å²) in [6.07, 6.45) is 0. The average Bonchev–Trinajstić information content (AvgIpc) is 2.47. The Labute approximate surface area is 115 Å². The number of H-pyrrole nitrogens is 1. The third kappa shape index (κ3) is 3.04. The van der Waals surface area contributed by atoms with E-state index in [-0.39, 0.29) is 11.3 Å². The van der Waals surface area contributed by atoms with Crippen molar-refractivity contribution >= 4 is 11.6 Å². The number of carbonyl (C=O) groups excluding carboxylic acids is 1. The summed E-state index contributed by atoms with van der Waals surface area (Å²) in [7, 11) is 1.51. The summed E-state index contributed by atoms with van der Waals surface area (Å²) in [6.45, 7) is 0.386. The second kappa shape index (κ2) is 6.03. The largest absolute Gasteiger partial charge is 0.495 e. The van der Waals surface area contributed by atoms with Crippen molar-refractivity contribution in [2.75, 3.05) is 12.4 Å². The van der Waals surface area contributed by atoms with Crippen LogP contribution in [0.15, 0.2) is 41.2 Å². The normalized spacial score (nSPS) is 10.1. The highest BCUT2D eigenvalue weighted by molar-refractivity contribution is 6.03. The SMILES string of the molecule is COc1cc(CN)ccc1NC(=O)c1cccc(=O)[nH]1. The molecule has 2 aromatic rings. The Balaban J connectivity index is 2.25. The number of methoxy groups -OCH3 is 1. The zero-order chi connectivity index (χ0) is 14.5. The van der Waals surface area contributed by atoms with Crippen LogP contribution in [0, 0.1) is 0 Å². The molecule has 0 saturated heterocycles. The van der Waals surface area contributed by atoms with Gasteiger partial charge in [-0.15, -0.1) is 0 Å². The molecule has 1 heterocycles. The molecule has 104 valence electrons. The molecule has 0 fully saturated rings. The van der Waals surface area contributed by atoms with E-state index in [2.05, 4.69) is 10.3 Å². The van der Waals surface area contributed by atoms with E-state index in [1.165, 1.54) is 25.3 Å². The zero-order valence-electron chi connectivity index (χ0n) is 11.0. The molecule has 1 amide bonds. The lowest BCUT2D eigenvalue weighted by Crippen LogP contribution is -2.18. The number of benzene rings is 1. The fraction of sp³-hybridized carbons (Fsp3) is 0.143. The molecule has 0 aliphatic rings. The lowest BCUT2D eigenvalue weighted by atomic mass is 10.2. The van der Waals surface area contributed by atoms with Gasteiger partial charge in [0, 0.05) is 12.6 Å². The van der Waals surface area contributed by atoms with E-state index in [1.54, 1.807) is 18.2 Å². The molecule has 4 N–H and O–H groups in total. The number of carbonyl (C=O) groups is 1. The quantitative estimate of drug-likeness (QED) is 0.776. The average molecular weight is 273 g/mol. The maximum Gasteiger partial charge on any atom is 0.272 e. The van der Waals surface area contributed by atoms with Gasteiger partial charge in [-0.25, -0.2) is 0 Å². The minimum atomic E-state index is -0.415. The first-order valence-electron chi connectivity index (χ1n) is 6.01. The first-order chi connectivity index (χ1) is 9.63. The molecule has 1 aromatic heterocycles. The molecular weight excluding hydrogens is 258 g/mol. The van der Waals surface area contributed by atoms with Crippen molar-refractivity contribution in [3.8, 4) is 5.75 Å². The van der Waals surface area contributed by atoms with Crippen LogP contribution in [-0.4, -0.2) is 18.0 Å². The Morgan fingerprint density at radius 2 is 2.15 bits per heavy atom. The van der Waals surface area contributed by atoms with Gasteiger partial charge in [-0.1, -0.05) is 12.1 Å². The van der Waals surface area contributed by atoms with Gasteiger partial charge in [-0.3, -0.25) is 9.59 Å². The second-order valence-electron chi connectivity index (χ2n) is 4.12. The van der Waals surface area contributed by atoms with E-state index in [1.807, 2.05) is 0 Å². The van der Waals surface area contributed by atoms with Crippen molar-refractivity contribution in [2.24, 2.45) is 5.73 Å². The molecule has 0 saturated carbocycles. The number of anilines is 1. The van der Waals surface area contributed by atoms with Gasteiger partial charge >= 0.3 is 0 Å². The Bertz CT molecular complexity index is 679. The van der Waals surface area contributed by atoms with Gasteiger partial charge < -0.3 is 20.8 Å². The number of aromatic amines is 1. The van der Waals surface area contributed by atoms with Gasteiger partial charge in [-0.05, 0) is 23.8 Å². The molecule has 0 atom stereocenters. The van der Waals surface area contributed by atoms with Crippen LogP contribution in [-0.2, 0) is 6.54 Å². The second-order valence-corrected chi connectivity index (χ2v) is 4.12. The van der Waals surface area contributed by atoms with Crippen molar-refractivity contribution in [3.63, 3.8) is 0 Å². The molecule has 0 unspecified atom stereocenters. The summed E-state index contributed by atoms with van der Waals surface area (Å²) in [6, 6.07) is 9.64. The van der Waals surface area contributed by atoms with E-state index < -0.39 is 5.91 Å². The highest BCUT2D eigenvalue weighted by atomic mass is 16.5. The van der Waals surface area contributed by atoms with Gasteiger partial charge in [0.2, 0.25) is 5.56 Å². The molecule has 0 radical (unpaired) electrons. The molecule has 6 nitrogen and oxygen atoms in total. The highest BCUT2D eigenvalue weighted by Gasteiger charge is 2.10. The topological polar surface area (TPSA) is 97.2 Å². The van der Waals surface area contributed by atoms with Crippen LogP contribution >= 0.6 is 0 Å². The summed E-state index contributed by atoms with van der Waals surface area (Å²) >= 11 is 0. The van der Waals surface area contributed by atoms with E-state index in [9.17, 15) is 9.59 Å². The van der Waals surface area contributed by atoms with Crippen LogP contribution in [0.5, 0.6) is 5.75 Å². The van der Waals surface area contributed by atoms with Crippen molar-refractivity contribution in [3.05, 3.63) is 58.0 Å². The molecule has 6 heteroatoms. The molecule has 0 bridgehead atoms. The summed E-state index contributed by atoms with van der Waals surface area (Å²) in [5.41, 5.74) is 6.81. The van der Waals surface area contributed by atoms with Crippen molar-refractivity contribution in [1.29, 1.82) is 0 Å². The maximum absolute atomic E-state index is 12.0. The summed E-state index contributed by atoms with van der Waals surface area (Å²) in [5.74, 6) is 0.0982. The van der Waals surface area contributed by atoms with Crippen LogP contribution in [0.1, 0.15) is 16.1 Å². The number of aromatic nitrogens is 1. The number of nitrogens with two attached hydrogens (primary N) is 1. The van der Waals surface area contributed by atoms with Gasteiger partial charge in [-0.2, -0.15) is 0 Å². The number of ether oxygens (including phenoxy) is 1. The predicted octanol–water partition coefficient (Wildman–Crippen LogP) is 1.09. The summed E-state index contributed by atoms with van der Waals surface area (Å²) in [4.78, 5) is 25.7. The number of hydrogen-bond donors (Lipinski definition) is 3.